The molecule has 17 heavy (non-hydrogen) atoms. The number of hydrogen-bond acceptors (Lipinski definition) is 1. The van der Waals surface area contributed by atoms with Crippen molar-refractivity contribution in [2.45, 2.75) is 84.5 Å². The van der Waals surface area contributed by atoms with E-state index in [1.54, 1.807) is 0 Å². The Morgan fingerprint density at radius 1 is 0.941 bits per heavy atom. The summed E-state index contributed by atoms with van der Waals surface area (Å²) < 4.78 is 0. The van der Waals surface area contributed by atoms with Crippen LogP contribution in [0, 0.1) is 5.92 Å². The van der Waals surface area contributed by atoms with E-state index in [-0.39, 0.29) is 0 Å². The number of carboxylic acid groups (broad SMARTS) is 1. The van der Waals surface area contributed by atoms with E-state index in [0.717, 1.165) is 18.8 Å². The minimum Gasteiger partial charge on any atom is -0.481 e. The summed E-state index contributed by atoms with van der Waals surface area (Å²) in [7, 11) is 0. The number of hydrogen-bond donors (Lipinski definition) is 1. The first-order chi connectivity index (χ1) is 8.20. The molecule has 0 saturated carbocycles. The van der Waals surface area contributed by atoms with Crippen molar-refractivity contribution in [2.24, 2.45) is 5.92 Å². The van der Waals surface area contributed by atoms with Crippen molar-refractivity contribution < 1.29 is 9.90 Å². The van der Waals surface area contributed by atoms with Crippen LogP contribution in [0.25, 0.3) is 0 Å². The summed E-state index contributed by atoms with van der Waals surface area (Å²) in [6.45, 7) is 4.56. The Hall–Kier alpha value is -0.530. The van der Waals surface area contributed by atoms with Crippen LogP contribution in [-0.2, 0) is 4.79 Å². The lowest BCUT2D eigenvalue weighted by molar-refractivity contribution is -0.137. The lowest BCUT2D eigenvalue weighted by Gasteiger charge is -2.13. The van der Waals surface area contributed by atoms with E-state index in [9.17, 15) is 4.79 Å². The third-order valence-electron chi connectivity index (χ3n) is 3.55. The third-order valence-corrected chi connectivity index (χ3v) is 3.55. The molecule has 0 fully saturated rings. The SMILES string of the molecule is CCCCC(CC)CCCCCCCC(=O)O. The Labute approximate surface area is 107 Å². The van der Waals surface area contributed by atoms with Gasteiger partial charge in [0.1, 0.15) is 0 Å². The fourth-order valence-corrected chi connectivity index (χ4v) is 2.28. The quantitative estimate of drug-likeness (QED) is 0.488. The molecule has 0 aliphatic heterocycles. The van der Waals surface area contributed by atoms with Crippen LogP contribution < -0.4 is 0 Å². The average molecular weight is 242 g/mol. The van der Waals surface area contributed by atoms with E-state index in [2.05, 4.69) is 13.8 Å². The van der Waals surface area contributed by atoms with Crippen LogP contribution in [0.15, 0.2) is 0 Å². The largest absolute Gasteiger partial charge is 0.481 e. The molecule has 1 N–H and O–H groups in total. The van der Waals surface area contributed by atoms with Crippen molar-refractivity contribution in [3.63, 3.8) is 0 Å². The summed E-state index contributed by atoms with van der Waals surface area (Å²) in [6, 6.07) is 0. The summed E-state index contributed by atoms with van der Waals surface area (Å²) in [6.07, 6.45) is 12.9. The molecule has 0 radical (unpaired) electrons. The molecule has 0 aromatic carbocycles. The molecule has 2 heteroatoms. The minimum atomic E-state index is -0.657. The fourth-order valence-electron chi connectivity index (χ4n) is 2.28. The van der Waals surface area contributed by atoms with Crippen LogP contribution in [0.5, 0.6) is 0 Å². The van der Waals surface area contributed by atoms with Crippen molar-refractivity contribution >= 4 is 5.97 Å². The number of rotatable bonds is 12. The first-order valence-corrected chi connectivity index (χ1v) is 7.42. The van der Waals surface area contributed by atoms with Crippen molar-refractivity contribution in [2.75, 3.05) is 0 Å². The Morgan fingerprint density at radius 2 is 1.53 bits per heavy atom. The zero-order valence-corrected chi connectivity index (χ0v) is 11.7. The van der Waals surface area contributed by atoms with E-state index >= 15 is 0 Å². The van der Waals surface area contributed by atoms with E-state index < -0.39 is 5.97 Å². The first kappa shape index (κ1) is 16.5. The van der Waals surface area contributed by atoms with E-state index in [1.165, 1.54) is 51.4 Å². The number of carboxylic acids is 1. The molecule has 2 nitrogen and oxygen atoms in total. The molecule has 0 heterocycles. The minimum absolute atomic E-state index is 0.341. The van der Waals surface area contributed by atoms with Gasteiger partial charge in [0.05, 0.1) is 0 Å². The summed E-state index contributed by atoms with van der Waals surface area (Å²) in [5, 5.41) is 8.50. The maximum atomic E-state index is 10.3. The highest BCUT2D eigenvalue weighted by molar-refractivity contribution is 5.66. The van der Waals surface area contributed by atoms with Gasteiger partial charge in [-0.25, -0.2) is 0 Å². The van der Waals surface area contributed by atoms with Crippen LogP contribution >= 0.6 is 0 Å². The number of carbonyl (C=O) groups is 1. The molecule has 0 aliphatic rings. The van der Waals surface area contributed by atoms with Gasteiger partial charge in [0.25, 0.3) is 0 Å². The monoisotopic (exact) mass is 242 g/mol. The molecule has 0 spiro atoms. The summed E-state index contributed by atoms with van der Waals surface area (Å²) in [5.74, 6) is 0.268. The van der Waals surface area contributed by atoms with Crippen LogP contribution in [0.4, 0.5) is 0 Å². The Kier molecular flexibility index (Phi) is 11.6. The molecule has 0 rings (SSSR count). The molecular weight excluding hydrogens is 212 g/mol. The van der Waals surface area contributed by atoms with Gasteiger partial charge in [-0.2, -0.15) is 0 Å². The van der Waals surface area contributed by atoms with Crippen molar-refractivity contribution in [3.05, 3.63) is 0 Å². The predicted molar refractivity (Wildman–Crippen MR) is 73.3 cm³/mol. The molecular formula is C15H30O2. The average Bonchev–Trinajstić information content (AvgIpc) is 2.31. The maximum absolute atomic E-state index is 10.3. The van der Waals surface area contributed by atoms with Gasteiger partial charge in [-0.05, 0) is 12.3 Å². The lowest BCUT2D eigenvalue weighted by Crippen LogP contribution is -1.99. The highest BCUT2D eigenvalue weighted by atomic mass is 16.4. The molecule has 0 saturated heterocycles. The molecule has 1 atom stereocenters. The Balaban J connectivity index is 3.27. The second kappa shape index (κ2) is 11.9. The third kappa shape index (κ3) is 11.7. The van der Waals surface area contributed by atoms with Gasteiger partial charge in [-0.3, -0.25) is 4.79 Å². The van der Waals surface area contributed by atoms with Gasteiger partial charge >= 0.3 is 5.97 Å². The summed E-state index contributed by atoms with van der Waals surface area (Å²) in [4.78, 5) is 10.3. The lowest BCUT2D eigenvalue weighted by atomic mass is 9.93. The zero-order valence-electron chi connectivity index (χ0n) is 11.7. The van der Waals surface area contributed by atoms with Gasteiger partial charge < -0.3 is 5.11 Å². The highest BCUT2D eigenvalue weighted by Gasteiger charge is 2.05. The molecule has 0 aromatic rings. The molecule has 1 unspecified atom stereocenters. The fraction of sp³-hybridized carbons (Fsp3) is 0.933. The first-order valence-electron chi connectivity index (χ1n) is 7.42. The van der Waals surface area contributed by atoms with E-state index in [0.29, 0.717) is 6.42 Å². The van der Waals surface area contributed by atoms with Crippen LogP contribution in [0.3, 0.4) is 0 Å². The van der Waals surface area contributed by atoms with Crippen molar-refractivity contribution in [1.82, 2.24) is 0 Å². The van der Waals surface area contributed by atoms with E-state index in [4.69, 9.17) is 5.11 Å². The zero-order chi connectivity index (χ0) is 12.9. The normalized spacial score (nSPS) is 12.6. The number of aliphatic carboxylic acids is 1. The highest BCUT2D eigenvalue weighted by Crippen LogP contribution is 2.20. The molecule has 0 aliphatic carbocycles. The standard InChI is InChI=1S/C15H30O2/c1-3-5-11-14(4-2)12-9-7-6-8-10-13-15(16)17/h14H,3-13H2,1-2H3,(H,16,17). The smallest absolute Gasteiger partial charge is 0.303 e. The second-order valence-corrected chi connectivity index (χ2v) is 5.12. The maximum Gasteiger partial charge on any atom is 0.303 e. The topological polar surface area (TPSA) is 37.3 Å². The van der Waals surface area contributed by atoms with Crippen LogP contribution in [-0.4, -0.2) is 11.1 Å². The molecule has 0 amide bonds. The summed E-state index contributed by atoms with van der Waals surface area (Å²) in [5.41, 5.74) is 0. The Bertz CT molecular complexity index is 178. The molecule has 0 bridgehead atoms. The van der Waals surface area contributed by atoms with Crippen molar-refractivity contribution in [3.8, 4) is 0 Å². The van der Waals surface area contributed by atoms with Gasteiger partial charge in [0.15, 0.2) is 0 Å². The predicted octanol–water partition coefficient (Wildman–Crippen LogP) is 5.02. The van der Waals surface area contributed by atoms with Crippen molar-refractivity contribution in [1.29, 1.82) is 0 Å². The summed E-state index contributed by atoms with van der Waals surface area (Å²) >= 11 is 0. The van der Waals surface area contributed by atoms with Crippen LogP contribution in [0.1, 0.15) is 84.5 Å². The second-order valence-electron chi connectivity index (χ2n) is 5.12. The van der Waals surface area contributed by atoms with Gasteiger partial charge in [-0.15, -0.1) is 0 Å². The number of unbranched alkanes of at least 4 members (excludes halogenated alkanes) is 5. The molecule has 0 aromatic heterocycles. The molecule has 102 valence electrons. The van der Waals surface area contributed by atoms with E-state index in [1.807, 2.05) is 0 Å². The van der Waals surface area contributed by atoms with Gasteiger partial charge in [0.2, 0.25) is 0 Å². The van der Waals surface area contributed by atoms with Gasteiger partial charge in [0, 0.05) is 6.42 Å². The van der Waals surface area contributed by atoms with Gasteiger partial charge in [-0.1, -0.05) is 71.6 Å². The Morgan fingerprint density at radius 3 is 2.12 bits per heavy atom. The van der Waals surface area contributed by atoms with Crippen LogP contribution in [0.2, 0.25) is 0 Å².